The molecule has 0 saturated heterocycles. The minimum absolute atomic E-state index is 0.0581. The van der Waals surface area contributed by atoms with Gasteiger partial charge in [-0.05, 0) is 58.5 Å². The fourth-order valence-corrected chi connectivity index (χ4v) is 4.13. The molecule has 7 heteroatoms. The van der Waals surface area contributed by atoms with Gasteiger partial charge >= 0.3 is 12.4 Å². The number of rotatable bonds is 7. The molecule has 1 N–H and O–H groups in total. The molecule has 0 radical (unpaired) electrons. The van der Waals surface area contributed by atoms with Crippen LogP contribution in [0.5, 0.6) is 0 Å². The smallest absolute Gasteiger partial charge is 0.307 e. The third kappa shape index (κ3) is 8.58. The third-order valence-corrected chi connectivity index (χ3v) is 6.45. The number of hydrogen-bond donors (Lipinski definition) is 1. The van der Waals surface area contributed by atoms with Gasteiger partial charge in [0.15, 0.2) is 0 Å². The average Bonchev–Trinajstić information content (AvgIpc) is 2.94. The Kier molecular flexibility index (Phi) is 10.3. The zero-order valence-corrected chi connectivity index (χ0v) is 22.2. The predicted octanol–water partition coefficient (Wildman–Crippen LogP) is 10.2. The van der Waals surface area contributed by atoms with Gasteiger partial charge in [0.05, 0.1) is 11.1 Å². The molecule has 0 heterocycles. The van der Waals surface area contributed by atoms with Gasteiger partial charge in [-0.15, -0.1) is 6.58 Å². The first kappa shape index (κ1) is 30.7. The Morgan fingerprint density at radius 1 is 0.750 bits per heavy atom. The molecule has 0 bridgehead atoms. The van der Waals surface area contributed by atoms with Crippen molar-refractivity contribution in [1.82, 2.24) is 5.32 Å². The number of alkyl halides is 6. The molecule has 0 fully saturated rings. The molecule has 4 aromatic rings. The van der Waals surface area contributed by atoms with E-state index in [0.717, 1.165) is 24.3 Å². The molecule has 0 spiro atoms. The van der Waals surface area contributed by atoms with Crippen molar-refractivity contribution in [2.75, 3.05) is 6.54 Å². The van der Waals surface area contributed by atoms with Crippen LogP contribution < -0.4 is 5.32 Å². The van der Waals surface area contributed by atoms with Crippen molar-refractivity contribution in [1.29, 1.82) is 0 Å². The SMILES string of the molecule is C=CC(C)c1cccc(C(F)(F)F)c1.CC(NC/C=C/c1cccc(C(F)(F)F)c1)c1cccc2ccccc12. The number of hydrogen-bond acceptors (Lipinski definition) is 1. The maximum Gasteiger partial charge on any atom is 0.416 e. The minimum atomic E-state index is -4.31. The fraction of sp³-hybridized carbons (Fsp3) is 0.212. The summed E-state index contributed by atoms with van der Waals surface area (Å²) in [6, 6.07) is 25.2. The predicted molar refractivity (Wildman–Crippen MR) is 151 cm³/mol. The van der Waals surface area contributed by atoms with Gasteiger partial charge in [-0.2, -0.15) is 26.3 Å². The molecule has 4 rings (SSSR count). The molecule has 0 saturated carbocycles. The molecule has 4 aromatic carbocycles. The monoisotopic (exact) mass is 555 g/mol. The Bertz CT molecular complexity index is 1430. The highest BCUT2D eigenvalue weighted by molar-refractivity contribution is 5.86. The summed E-state index contributed by atoms with van der Waals surface area (Å²) in [6.45, 7) is 8.01. The summed E-state index contributed by atoms with van der Waals surface area (Å²) in [6.07, 6.45) is -3.41. The Morgan fingerprint density at radius 2 is 1.35 bits per heavy atom. The second kappa shape index (κ2) is 13.5. The van der Waals surface area contributed by atoms with Crippen molar-refractivity contribution in [3.8, 4) is 0 Å². The van der Waals surface area contributed by atoms with Gasteiger partial charge in [0.1, 0.15) is 0 Å². The highest BCUT2D eigenvalue weighted by atomic mass is 19.4. The Balaban J connectivity index is 0.000000267. The van der Waals surface area contributed by atoms with Crippen molar-refractivity contribution in [3.63, 3.8) is 0 Å². The zero-order chi connectivity index (χ0) is 29.3. The van der Waals surface area contributed by atoms with Crippen LogP contribution >= 0.6 is 0 Å². The van der Waals surface area contributed by atoms with E-state index in [1.807, 2.05) is 31.2 Å². The maximum atomic E-state index is 12.7. The van der Waals surface area contributed by atoms with Crippen LogP contribution in [0.3, 0.4) is 0 Å². The summed E-state index contributed by atoms with van der Waals surface area (Å²) in [7, 11) is 0. The summed E-state index contributed by atoms with van der Waals surface area (Å²) in [5, 5.41) is 5.80. The second-order valence-corrected chi connectivity index (χ2v) is 9.37. The summed E-state index contributed by atoms with van der Waals surface area (Å²) in [5.74, 6) is -0.0581. The molecular weight excluding hydrogens is 524 g/mol. The van der Waals surface area contributed by atoms with E-state index < -0.39 is 23.5 Å². The molecule has 0 aliphatic heterocycles. The number of fused-ring (bicyclic) bond motifs is 1. The molecule has 0 aliphatic rings. The largest absolute Gasteiger partial charge is 0.416 e. The van der Waals surface area contributed by atoms with Crippen LogP contribution in [-0.2, 0) is 12.4 Å². The summed E-state index contributed by atoms with van der Waals surface area (Å²) < 4.78 is 75.2. The topological polar surface area (TPSA) is 12.0 Å². The summed E-state index contributed by atoms with van der Waals surface area (Å²) >= 11 is 0. The number of allylic oxidation sites excluding steroid dienone is 1. The lowest BCUT2D eigenvalue weighted by Gasteiger charge is -2.15. The molecule has 40 heavy (non-hydrogen) atoms. The van der Waals surface area contributed by atoms with Gasteiger partial charge in [-0.25, -0.2) is 0 Å². The first-order valence-corrected chi connectivity index (χ1v) is 12.7. The molecule has 0 aromatic heterocycles. The second-order valence-electron chi connectivity index (χ2n) is 9.37. The molecule has 0 amide bonds. The van der Waals surface area contributed by atoms with E-state index in [-0.39, 0.29) is 12.0 Å². The van der Waals surface area contributed by atoms with Crippen LogP contribution in [-0.4, -0.2) is 6.54 Å². The van der Waals surface area contributed by atoms with E-state index in [9.17, 15) is 26.3 Å². The van der Waals surface area contributed by atoms with Crippen LogP contribution in [0.1, 0.15) is 53.6 Å². The van der Waals surface area contributed by atoms with Gasteiger partial charge in [0.2, 0.25) is 0 Å². The summed E-state index contributed by atoms with van der Waals surface area (Å²) in [4.78, 5) is 0. The molecule has 1 nitrogen and oxygen atoms in total. The first-order valence-electron chi connectivity index (χ1n) is 12.7. The van der Waals surface area contributed by atoms with E-state index in [2.05, 4.69) is 43.1 Å². The van der Waals surface area contributed by atoms with Gasteiger partial charge in [0.25, 0.3) is 0 Å². The minimum Gasteiger partial charge on any atom is -0.307 e. The van der Waals surface area contributed by atoms with Crippen LogP contribution in [0.25, 0.3) is 16.8 Å². The molecule has 210 valence electrons. The van der Waals surface area contributed by atoms with E-state index >= 15 is 0 Å². The van der Waals surface area contributed by atoms with E-state index in [0.29, 0.717) is 17.7 Å². The van der Waals surface area contributed by atoms with Gasteiger partial charge in [-0.3, -0.25) is 0 Å². The first-order chi connectivity index (χ1) is 18.9. The number of nitrogens with one attached hydrogen (secondary N) is 1. The number of benzene rings is 4. The molecule has 0 aliphatic carbocycles. The van der Waals surface area contributed by atoms with Crippen molar-refractivity contribution < 1.29 is 26.3 Å². The van der Waals surface area contributed by atoms with E-state index in [4.69, 9.17) is 0 Å². The van der Waals surface area contributed by atoms with Crippen molar-refractivity contribution in [2.45, 2.75) is 38.2 Å². The van der Waals surface area contributed by atoms with Gasteiger partial charge in [-0.1, -0.05) is 97.9 Å². The molecular formula is C33H31F6N. The van der Waals surface area contributed by atoms with Crippen LogP contribution in [0.4, 0.5) is 26.3 Å². The van der Waals surface area contributed by atoms with E-state index in [1.165, 1.54) is 28.5 Å². The van der Waals surface area contributed by atoms with Crippen molar-refractivity contribution in [2.24, 2.45) is 0 Å². The highest BCUT2D eigenvalue weighted by Crippen LogP contribution is 2.31. The Hall–Kier alpha value is -3.84. The molecule has 2 unspecified atom stereocenters. The van der Waals surface area contributed by atoms with Crippen LogP contribution in [0, 0.1) is 0 Å². The standard InChI is InChI=1S/C22H20F3N.C11H11F3/c1-16(20-13-5-10-18-9-2-3-12-21(18)20)26-14-6-8-17-7-4-11-19(15-17)22(23,24)25;1-3-8(2)9-5-4-6-10(7-9)11(12,13)14/h2-13,15-16,26H,14H2,1H3;3-8H,1H2,2H3/b8-6+;. The number of halogens is 6. The van der Waals surface area contributed by atoms with Gasteiger partial charge in [0, 0.05) is 12.6 Å². The fourth-order valence-electron chi connectivity index (χ4n) is 4.13. The molecule has 2 atom stereocenters. The third-order valence-electron chi connectivity index (χ3n) is 6.45. The summed E-state index contributed by atoms with van der Waals surface area (Å²) in [5.41, 5.74) is 1.14. The lowest BCUT2D eigenvalue weighted by atomic mass is 9.99. The van der Waals surface area contributed by atoms with E-state index in [1.54, 1.807) is 24.3 Å². The Morgan fingerprint density at radius 3 is 2.02 bits per heavy atom. The average molecular weight is 556 g/mol. The van der Waals surface area contributed by atoms with Gasteiger partial charge < -0.3 is 5.32 Å². The highest BCUT2D eigenvalue weighted by Gasteiger charge is 2.31. The lowest BCUT2D eigenvalue weighted by molar-refractivity contribution is -0.138. The lowest BCUT2D eigenvalue weighted by Crippen LogP contribution is -2.18. The van der Waals surface area contributed by atoms with Crippen molar-refractivity contribution in [3.05, 3.63) is 138 Å². The Labute approximate surface area is 230 Å². The van der Waals surface area contributed by atoms with Crippen LogP contribution in [0.2, 0.25) is 0 Å². The normalized spacial score (nSPS) is 13.5. The van der Waals surface area contributed by atoms with Crippen LogP contribution in [0.15, 0.2) is 110 Å². The quantitative estimate of drug-likeness (QED) is 0.177. The zero-order valence-electron chi connectivity index (χ0n) is 22.2. The van der Waals surface area contributed by atoms with Crippen molar-refractivity contribution >= 4 is 16.8 Å². The maximum absolute atomic E-state index is 12.7.